The third kappa shape index (κ3) is 2.31. The SMILES string of the molecule is O=Cc1ncn(-c2ccc(Br)cc2)c1C(F)(F)F. The zero-order valence-corrected chi connectivity index (χ0v) is 10.4. The number of hydrogen-bond acceptors (Lipinski definition) is 2. The van der Waals surface area contributed by atoms with Crippen LogP contribution in [0.1, 0.15) is 16.2 Å². The molecule has 0 aliphatic carbocycles. The van der Waals surface area contributed by atoms with Gasteiger partial charge in [-0.15, -0.1) is 0 Å². The lowest BCUT2D eigenvalue weighted by molar-refractivity contribution is -0.142. The van der Waals surface area contributed by atoms with E-state index in [2.05, 4.69) is 20.9 Å². The van der Waals surface area contributed by atoms with Crippen molar-refractivity contribution < 1.29 is 18.0 Å². The third-order valence-electron chi connectivity index (χ3n) is 2.28. The molecule has 0 radical (unpaired) electrons. The molecule has 0 aliphatic heterocycles. The van der Waals surface area contributed by atoms with Crippen molar-refractivity contribution in [3.8, 4) is 5.69 Å². The molecule has 0 atom stereocenters. The molecule has 1 heterocycles. The fourth-order valence-electron chi connectivity index (χ4n) is 1.53. The molecule has 0 saturated carbocycles. The highest BCUT2D eigenvalue weighted by molar-refractivity contribution is 9.10. The topological polar surface area (TPSA) is 34.9 Å². The summed E-state index contributed by atoms with van der Waals surface area (Å²) in [6.45, 7) is 0. The Morgan fingerprint density at radius 2 is 1.83 bits per heavy atom. The second kappa shape index (κ2) is 4.56. The van der Waals surface area contributed by atoms with E-state index in [4.69, 9.17) is 0 Å². The van der Waals surface area contributed by atoms with Crippen molar-refractivity contribution in [2.45, 2.75) is 6.18 Å². The van der Waals surface area contributed by atoms with Crippen LogP contribution in [0.15, 0.2) is 35.1 Å². The van der Waals surface area contributed by atoms with Gasteiger partial charge in [-0.1, -0.05) is 15.9 Å². The van der Waals surface area contributed by atoms with Gasteiger partial charge in [0, 0.05) is 10.2 Å². The summed E-state index contributed by atoms with van der Waals surface area (Å²) in [6.07, 6.45) is -3.56. The van der Waals surface area contributed by atoms with Gasteiger partial charge in [-0.25, -0.2) is 4.98 Å². The Kier molecular flexibility index (Phi) is 3.25. The van der Waals surface area contributed by atoms with Gasteiger partial charge in [0.05, 0.1) is 0 Å². The summed E-state index contributed by atoms with van der Waals surface area (Å²) < 4.78 is 40.2. The summed E-state index contributed by atoms with van der Waals surface area (Å²) in [5.74, 6) is 0. The van der Waals surface area contributed by atoms with E-state index >= 15 is 0 Å². The number of imidazole rings is 1. The van der Waals surface area contributed by atoms with Crippen LogP contribution in [0.3, 0.4) is 0 Å². The first-order valence-corrected chi connectivity index (χ1v) is 5.58. The molecular formula is C11H6BrF3N2O. The quantitative estimate of drug-likeness (QED) is 0.795. The standard InChI is InChI=1S/C11H6BrF3N2O/c12-7-1-3-8(4-2-7)17-6-16-9(5-18)10(17)11(13,14)15/h1-6H. The van der Waals surface area contributed by atoms with Crippen molar-refractivity contribution in [1.29, 1.82) is 0 Å². The van der Waals surface area contributed by atoms with Gasteiger partial charge < -0.3 is 0 Å². The zero-order chi connectivity index (χ0) is 13.3. The molecule has 94 valence electrons. The lowest BCUT2D eigenvalue weighted by atomic mass is 10.3. The molecule has 0 amide bonds. The number of aromatic nitrogens is 2. The van der Waals surface area contributed by atoms with Crippen molar-refractivity contribution in [3.05, 3.63) is 46.5 Å². The molecule has 0 bridgehead atoms. The number of benzene rings is 1. The third-order valence-corrected chi connectivity index (χ3v) is 2.81. The van der Waals surface area contributed by atoms with Gasteiger partial charge in [0.15, 0.2) is 12.0 Å². The van der Waals surface area contributed by atoms with Crippen LogP contribution in [0.5, 0.6) is 0 Å². The van der Waals surface area contributed by atoms with Gasteiger partial charge in [-0.2, -0.15) is 13.2 Å². The summed E-state index contributed by atoms with van der Waals surface area (Å²) in [5.41, 5.74) is -1.41. The van der Waals surface area contributed by atoms with Crippen LogP contribution in [0, 0.1) is 0 Å². The maximum absolute atomic E-state index is 12.9. The average molecular weight is 319 g/mol. The Bertz CT molecular complexity index is 575. The van der Waals surface area contributed by atoms with Crippen LogP contribution in [0.25, 0.3) is 5.69 Å². The molecule has 0 aliphatic rings. The molecule has 0 saturated heterocycles. The number of aldehydes is 1. The van der Waals surface area contributed by atoms with Gasteiger partial charge in [0.25, 0.3) is 0 Å². The molecule has 1 aromatic heterocycles. The van der Waals surface area contributed by atoms with Gasteiger partial charge >= 0.3 is 6.18 Å². The average Bonchev–Trinajstić information content (AvgIpc) is 2.73. The maximum atomic E-state index is 12.9. The highest BCUT2D eigenvalue weighted by atomic mass is 79.9. The summed E-state index contributed by atoms with van der Waals surface area (Å²) in [5, 5.41) is 0. The lowest BCUT2D eigenvalue weighted by Gasteiger charge is -2.11. The molecular weight excluding hydrogens is 313 g/mol. The predicted molar refractivity (Wildman–Crippen MR) is 61.7 cm³/mol. The minimum absolute atomic E-state index is 0.0954. The minimum Gasteiger partial charge on any atom is -0.296 e. The van der Waals surface area contributed by atoms with Crippen molar-refractivity contribution in [3.63, 3.8) is 0 Å². The summed E-state index contributed by atoms with van der Waals surface area (Å²) in [6, 6.07) is 6.21. The monoisotopic (exact) mass is 318 g/mol. The normalized spacial score (nSPS) is 11.6. The first kappa shape index (κ1) is 12.8. The zero-order valence-electron chi connectivity index (χ0n) is 8.78. The predicted octanol–water partition coefficient (Wildman–Crippen LogP) is 3.47. The first-order valence-electron chi connectivity index (χ1n) is 4.79. The van der Waals surface area contributed by atoms with Crippen LogP contribution < -0.4 is 0 Å². The highest BCUT2D eigenvalue weighted by Crippen LogP contribution is 2.33. The van der Waals surface area contributed by atoms with Gasteiger partial charge in [0.2, 0.25) is 0 Å². The van der Waals surface area contributed by atoms with Crippen molar-refractivity contribution in [2.75, 3.05) is 0 Å². The van der Waals surface area contributed by atoms with E-state index in [1.54, 1.807) is 12.1 Å². The van der Waals surface area contributed by atoms with Gasteiger partial charge in [-0.3, -0.25) is 9.36 Å². The number of rotatable bonds is 2. The first-order chi connectivity index (χ1) is 8.43. The Hall–Kier alpha value is -1.63. The van der Waals surface area contributed by atoms with Gasteiger partial charge in [0.1, 0.15) is 12.0 Å². The lowest BCUT2D eigenvalue weighted by Crippen LogP contribution is -2.14. The Labute approximate surface area is 108 Å². The number of halogens is 4. The second-order valence-corrected chi connectivity index (χ2v) is 4.36. The number of carbonyl (C=O) groups is 1. The summed E-state index contributed by atoms with van der Waals surface area (Å²) in [7, 11) is 0. The molecule has 1 aromatic carbocycles. The molecule has 2 rings (SSSR count). The molecule has 7 heteroatoms. The molecule has 0 fully saturated rings. The Balaban J connectivity index is 2.61. The number of hydrogen-bond donors (Lipinski definition) is 0. The van der Waals surface area contributed by atoms with E-state index in [1.165, 1.54) is 12.1 Å². The molecule has 3 nitrogen and oxygen atoms in total. The summed E-state index contributed by atoms with van der Waals surface area (Å²) >= 11 is 3.19. The molecule has 0 N–H and O–H groups in total. The molecule has 18 heavy (non-hydrogen) atoms. The van der Waals surface area contributed by atoms with Crippen molar-refractivity contribution in [2.24, 2.45) is 0 Å². The van der Waals surface area contributed by atoms with E-state index in [1.807, 2.05) is 0 Å². The number of alkyl halides is 3. The minimum atomic E-state index is -4.64. The van der Waals surface area contributed by atoms with Crippen LogP contribution in [0.2, 0.25) is 0 Å². The van der Waals surface area contributed by atoms with Crippen LogP contribution in [-0.4, -0.2) is 15.8 Å². The Morgan fingerprint density at radius 3 is 2.33 bits per heavy atom. The number of nitrogens with zero attached hydrogens (tertiary/aromatic N) is 2. The van der Waals surface area contributed by atoms with Crippen molar-refractivity contribution in [1.82, 2.24) is 9.55 Å². The molecule has 2 aromatic rings. The largest absolute Gasteiger partial charge is 0.434 e. The van der Waals surface area contributed by atoms with Gasteiger partial charge in [-0.05, 0) is 24.3 Å². The summed E-state index contributed by atoms with van der Waals surface area (Å²) in [4.78, 5) is 14.1. The second-order valence-electron chi connectivity index (χ2n) is 3.44. The molecule has 0 spiro atoms. The van der Waals surface area contributed by atoms with E-state index in [9.17, 15) is 18.0 Å². The van der Waals surface area contributed by atoms with Crippen LogP contribution in [0.4, 0.5) is 13.2 Å². The van der Waals surface area contributed by atoms with E-state index in [0.29, 0.717) is 0 Å². The van der Waals surface area contributed by atoms with Crippen LogP contribution in [-0.2, 0) is 6.18 Å². The Morgan fingerprint density at radius 1 is 1.22 bits per heavy atom. The van der Waals surface area contributed by atoms with Crippen LogP contribution >= 0.6 is 15.9 Å². The van der Waals surface area contributed by atoms with Crippen molar-refractivity contribution >= 4 is 22.2 Å². The number of carbonyl (C=O) groups excluding carboxylic acids is 1. The van der Waals surface area contributed by atoms with E-state index in [-0.39, 0.29) is 12.0 Å². The molecule has 0 unspecified atom stereocenters. The fraction of sp³-hybridized carbons (Fsp3) is 0.0909. The fourth-order valence-corrected chi connectivity index (χ4v) is 1.79. The smallest absolute Gasteiger partial charge is 0.296 e. The van der Waals surface area contributed by atoms with E-state index in [0.717, 1.165) is 15.4 Å². The van der Waals surface area contributed by atoms with E-state index < -0.39 is 17.6 Å². The maximum Gasteiger partial charge on any atom is 0.434 e. The highest BCUT2D eigenvalue weighted by Gasteiger charge is 2.38.